The minimum atomic E-state index is -0.857. The van der Waals surface area contributed by atoms with Crippen LogP contribution in [0.2, 0.25) is 0 Å². The molecule has 2 aliphatic carbocycles. The van der Waals surface area contributed by atoms with Crippen LogP contribution in [0.3, 0.4) is 0 Å². The Morgan fingerprint density at radius 1 is 1.22 bits per heavy atom. The Balaban J connectivity index is 1.91. The van der Waals surface area contributed by atoms with Crippen molar-refractivity contribution < 1.29 is 14.7 Å². The molecule has 0 aromatic carbocycles. The molecule has 0 aliphatic heterocycles. The van der Waals surface area contributed by atoms with Gasteiger partial charge in [0.1, 0.15) is 0 Å². The highest BCUT2D eigenvalue weighted by Gasteiger charge is 2.48. The van der Waals surface area contributed by atoms with Crippen LogP contribution in [-0.4, -0.2) is 23.0 Å². The molecule has 0 heterocycles. The van der Waals surface area contributed by atoms with Crippen molar-refractivity contribution in [2.24, 2.45) is 23.2 Å². The number of hydrogen-bond donors (Lipinski definition) is 2. The molecular weight excluding hydrogens is 230 g/mol. The lowest BCUT2D eigenvalue weighted by Crippen LogP contribution is -2.47. The third kappa shape index (κ3) is 3.03. The van der Waals surface area contributed by atoms with E-state index < -0.39 is 5.97 Å². The third-order valence-electron chi connectivity index (χ3n) is 4.35. The number of carbonyl (C=O) groups is 2. The van der Waals surface area contributed by atoms with Gasteiger partial charge in [-0.15, -0.1) is 0 Å². The van der Waals surface area contributed by atoms with Crippen molar-refractivity contribution in [3.05, 3.63) is 0 Å². The summed E-state index contributed by atoms with van der Waals surface area (Å²) in [5.41, 5.74) is -0.227. The van der Waals surface area contributed by atoms with Crippen molar-refractivity contribution in [3.8, 4) is 0 Å². The smallest absolute Gasteiger partial charge is 0.305 e. The maximum atomic E-state index is 12.1. The van der Waals surface area contributed by atoms with Crippen molar-refractivity contribution in [2.45, 2.75) is 52.5 Å². The van der Waals surface area contributed by atoms with Gasteiger partial charge in [-0.3, -0.25) is 9.59 Å². The number of carboxylic acids is 1. The van der Waals surface area contributed by atoms with Crippen LogP contribution in [-0.2, 0) is 9.59 Å². The standard InChI is InChI=1S/C14H23NO3/c1-14(2,3)11(7-12(16)17)15-13(18)10-5-8-4-9(8)6-10/h8-11H,4-7H2,1-3H3,(H,15,18)(H,16,17). The molecule has 2 N–H and O–H groups in total. The summed E-state index contributed by atoms with van der Waals surface area (Å²) >= 11 is 0. The Labute approximate surface area is 108 Å². The molecular formula is C14H23NO3. The minimum absolute atomic E-state index is 0.00514. The second-order valence-corrected chi connectivity index (χ2v) is 6.95. The fraction of sp³-hybridized carbons (Fsp3) is 0.857. The highest BCUT2D eigenvalue weighted by molar-refractivity contribution is 5.80. The predicted octanol–water partition coefficient (Wildman–Crippen LogP) is 2.04. The van der Waals surface area contributed by atoms with E-state index in [4.69, 9.17) is 5.11 Å². The Kier molecular flexibility index (Phi) is 3.39. The van der Waals surface area contributed by atoms with E-state index in [1.54, 1.807) is 0 Å². The largest absolute Gasteiger partial charge is 0.481 e. The summed E-state index contributed by atoms with van der Waals surface area (Å²) in [6.45, 7) is 5.90. The fourth-order valence-electron chi connectivity index (χ4n) is 2.97. The van der Waals surface area contributed by atoms with E-state index in [0.717, 1.165) is 24.7 Å². The number of carboxylic acid groups (broad SMARTS) is 1. The average Bonchev–Trinajstić information content (AvgIpc) is 2.82. The molecule has 102 valence electrons. The lowest BCUT2D eigenvalue weighted by Gasteiger charge is -2.31. The van der Waals surface area contributed by atoms with E-state index >= 15 is 0 Å². The summed E-state index contributed by atoms with van der Waals surface area (Å²) < 4.78 is 0. The van der Waals surface area contributed by atoms with Crippen LogP contribution in [0, 0.1) is 23.2 Å². The first kappa shape index (κ1) is 13.4. The molecule has 2 aliphatic rings. The van der Waals surface area contributed by atoms with Crippen LogP contribution in [0.4, 0.5) is 0 Å². The molecule has 2 saturated carbocycles. The SMILES string of the molecule is CC(C)(C)C(CC(=O)O)NC(=O)C1CC2CC2C1. The molecule has 0 aromatic heterocycles. The first-order chi connectivity index (χ1) is 8.27. The summed E-state index contributed by atoms with van der Waals surface area (Å²) in [5.74, 6) is 0.863. The van der Waals surface area contributed by atoms with Gasteiger partial charge in [-0.25, -0.2) is 0 Å². The van der Waals surface area contributed by atoms with Crippen LogP contribution >= 0.6 is 0 Å². The molecule has 0 spiro atoms. The molecule has 0 bridgehead atoms. The van der Waals surface area contributed by atoms with E-state index in [2.05, 4.69) is 5.32 Å². The molecule has 18 heavy (non-hydrogen) atoms. The second kappa shape index (κ2) is 4.56. The normalized spacial score (nSPS) is 31.6. The predicted molar refractivity (Wildman–Crippen MR) is 68.0 cm³/mol. The van der Waals surface area contributed by atoms with Gasteiger partial charge in [-0.1, -0.05) is 20.8 Å². The zero-order valence-electron chi connectivity index (χ0n) is 11.4. The van der Waals surface area contributed by atoms with Gasteiger partial charge in [-0.2, -0.15) is 0 Å². The lowest BCUT2D eigenvalue weighted by atomic mass is 9.84. The highest BCUT2D eigenvalue weighted by Crippen LogP contribution is 2.54. The van der Waals surface area contributed by atoms with Gasteiger partial charge in [-0.05, 0) is 36.5 Å². The van der Waals surface area contributed by atoms with Crippen molar-refractivity contribution in [3.63, 3.8) is 0 Å². The van der Waals surface area contributed by atoms with Crippen LogP contribution < -0.4 is 5.32 Å². The Hall–Kier alpha value is -1.06. The molecule has 4 nitrogen and oxygen atoms in total. The molecule has 2 rings (SSSR count). The second-order valence-electron chi connectivity index (χ2n) is 6.95. The van der Waals surface area contributed by atoms with E-state index in [1.165, 1.54) is 6.42 Å². The van der Waals surface area contributed by atoms with Gasteiger partial charge >= 0.3 is 5.97 Å². The number of nitrogens with one attached hydrogen (secondary N) is 1. The van der Waals surface area contributed by atoms with E-state index in [9.17, 15) is 9.59 Å². The van der Waals surface area contributed by atoms with Crippen molar-refractivity contribution in [2.75, 3.05) is 0 Å². The number of amides is 1. The first-order valence-electron chi connectivity index (χ1n) is 6.79. The monoisotopic (exact) mass is 253 g/mol. The van der Waals surface area contributed by atoms with Gasteiger partial charge in [0.25, 0.3) is 0 Å². The number of hydrogen-bond acceptors (Lipinski definition) is 2. The Bertz CT molecular complexity index is 349. The maximum Gasteiger partial charge on any atom is 0.305 e. The van der Waals surface area contributed by atoms with Crippen molar-refractivity contribution in [1.82, 2.24) is 5.32 Å². The Morgan fingerprint density at radius 2 is 1.78 bits per heavy atom. The van der Waals surface area contributed by atoms with Crippen LogP contribution in [0.25, 0.3) is 0 Å². The maximum absolute atomic E-state index is 12.1. The molecule has 2 fully saturated rings. The molecule has 3 atom stereocenters. The van der Waals surface area contributed by atoms with Crippen LogP contribution in [0.5, 0.6) is 0 Å². The molecule has 3 unspecified atom stereocenters. The number of rotatable bonds is 4. The molecule has 4 heteroatoms. The number of fused-ring (bicyclic) bond motifs is 1. The van der Waals surface area contributed by atoms with Gasteiger partial charge in [0.2, 0.25) is 5.91 Å². The van der Waals surface area contributed by atoms with E-state index in [1.807, 2.05) is 20.8 Å². The van der Waals surface area contributed by atoms with E-state index in [-0.39, 0.29) is 29.7 Å². The average molecular weight is 253 g/mol. The van der Waals surface area contributed by atoms with Crippen LogP contribution in [0.1, 0.15) is 46.5 Å². The van der Waals surface area contributed by atoms with E-state index in [0.29, 0.717) is 0 Å². The number of carbonyl (C=O) groups excluding carboxylic acids is 1. The minimum Gasteiger partial charge on any atom is -0.481 e. The lowest BCUT2D eigenvalue weighted by molar-refractivity contribution is -0.138. The molecule has 0 aromatic rings. The Morgan fingerprint density at radius 3 is 2.22 bits per heavy atom. The molecule has 0 radical (unpaired) electrons. The van der Waals surface area contributed by atoms with Crippen molar-refractivity contribution in [1.29, 1.82) is 0 Å². The summed E-state index contributed by atoms with van der Waals surface area (Å²) in [5, 5.41) is 11.9. The summed E-state index contributed by atoms with van der Waals surface area (Å²) in [6, 6.07) is -0.292. The number of aliphatic carboxylic acids is 1. The summed E-state index contributed by atoms with van der Waals surface area (Å²) in [4.78, 5) is 23.0. The molecule has 0 saturated heterocycles. The highest BCUT2D eigenvalue weighted by atomic mass is 16.4. The van der Waals surface area contributed by atoms with Gasteiger partial charge in [0.05, 0.1) is 6.42 Å². The van der Waals surface area contributed by atoms with Gasteiger partial charge in [0, 0.05) is 12.0 Å². The van der Waals surface area contributed by atoms with Gasteiger partial charge in [0.15, 0.2) is 0 Å². The van der Waals surface area contributed by atoms with Crippen LogP contribution in [0.15, 0.2) is 0 Å². The zero-order valence-corrected chi connectivity index (χ0v) is 11.4. The topological polar surface area (TPSA) is 66.4 Å². The zero-order chi connectivity index (χ0) is 13.5. The summed E-state index contributed by atoms with van der Waals surface area (Å²) in [6.07, 6.45) is 3.29. The quantitative estimate of drug-likeness (QED) is 0.805. The summed E-state index contributed by atoms with van der Waals surface area (Å²) in [7, 11) is 0. The van der Waals surface area contributed by atoms with Gasteiger partial charge < -0.3 is 10.4 Å². The molecule has 1 amide bonds. The third-order valence-corrected chi connectivity index (χ3v) is 4.35. The van der Waals surface area contributed by atoms with Crippen molar-refractivity contribution >= 4 is 11.9 Å². The first-order valence-corrected chi connectivity index (χ1v) is 6.79. The fourth-order valence-corrected chi connectivity index (χ4v) is 2.97.